The molecule has 3 rings (SSSR count). The summed E-state index contributed by atoms with van der Waals surface area (Å²) in [5.41, 5.74) is 1.68. The molecule has 0 unspecified atom stereocenters. The SMILES string of the molecule is CCCNC(=O)CCNc1ccc2nnc(-c3ccsc3)n2n1. The van der Waals surface area contributed by atoms with Gasteiger partial charge in [0.05, 0.1) is 0 Å². The van der Waals surface area contributed by atoms with Crippen LogP contribution in [0.15, 0.2) is 29.0 Å². The molecule has 0 fully saturated rings. The van der Waals surface area contributed by atoms with E-state index in [1.807, 2.05) is 35.9 Å². The van der Waals surface area contributed by atoms with Crippen molar-refractivity contribution in [3.05, 3.63) is 29.0 Å². The lowest BCUT2D eigenvalue weighted by molar-refractivity contribution is -0.120. The van der Waals surface area contributed by atoms with Gasteiger partial charge < -0.3 is 10.6 Å². The molecule has 23 heavy (non-hydrogen) atoms. The molecule has 3 aromatic heterocycles. The molecule has 3 heterocycles. The minimum absolute atomic E-state index is 0.0451. The lowest BCUT2D eigenvalue weighted by atomic mass is 10.3. The third kappa shape index (κ3) is 3.65. The molecule has 0 aliphatic carbocycles. The Balaban J connectivity index is 1.68. The third-order valence-corrected chi connectivity index (χ3v) is 3.96. The summed E-state index contributed by atoms with van der Waals surface area (Å²) in [5.74, 6) is 1.45. The zero-order chi connectivity index (χ0) is 16.1. The largest absolute Gasteiger partial charge is 0.368 e. The summed E-state index contributed by atoms with van der Waals surface area (Å²) in [7, 11) is 0. The van der Waals surface area contributed by atoms with Crippen LogP contribution in [0.5, 0.6) is 0 Å². The number of fused-ring (bicyclic) bond motifs is 1. The molecule has 0 saturated carbocycles. The first-order valence-corrected chi connectivity index (χ1v) is 8.48. The number of nitrogens with one attached hydrogen (secondary N) is 2. The van der Waals surface area contributed by atoms with Crippen molar-refractivity contribution < 1.29 is 4.79 Å². The van der Waals surface area contributed by atoms with Gasteiger partial charge in [0.1, 0.15) is 5.82 Å². The Morgan fingerprint density at radius 3 is 2.96 bits per heavy atom. The van der Waals surface area contributed by atoms with Crippen LogP contribution in [0.2, 0.25) is 0 Å². The van der Waals surface area contributed by atoms with Crippen molar-refractivity contribution in [3.63, 3.8) is 0 Å². The van der Waals surface area contributed by atoms with Crippen molar-refractivity contribution in [1.82, 2.24) is 25.1 Å². The van der Waals surface area contributed by atoms with E-state index in [4.69, 9.17) is 0 Å². The number of thiophene rings is 1. The van der Waals surface area contributed by atoms with Gasteiger partial charge in [0.2, 0.25) is 5.91 Å². The van der Waals surface area contributed by atoms with Gasteiger partial charge in [-0.05, 0) is 30.0 Å². The standard InChI is InChI=1S/C15H18N6OS/c1-2-7-17-14(22)5-8-16-12-3-4-13-18-19-15(21(13)20-12)11-6-9-23-10-11/h3-4,6,9-10H,2,5,7-8H2,1H3,(H,16,20)(H,17,22). The zero-order valence-corrected chi connectivity index (χ0v) is 13.6. The highest BCUT2D eigenvalue weighted by atomic mass is 32.1. The Bertz CT molecular complexity index is 782. The van der Waals surface area contributed by atoms with E-state index in [-0.39, 0.29) is 5.91 Å². The molecule has 0 spiro atoms. The number of aromatic nitrogens is 4. The van der Waals surface area contributed by atoms with Crippen LogP contribution in [0.4, 0.5) is 5.82 Å². The first-order chi connectivity index (χ1) is 11.3. The fraction of sp³-hybridized carbons (Fsp3) is 0.333. The van der Waals surface area contributed by atoms with Gasteiger partial charge in [-0.25, -0.2) is 0 Å². The topological polar surface area (TPSA) is 84.2 Å². The van der Waals surface area contributed by atoms with E-state index >= 15 is 0 Å². The van der Waals surface area contributed by atoms with Crippen molar-refractivity contribution in [2.75, 3.05) is 18.4 Å². The van der Waals surface area contributed by atoms with Crippen molar-refractivity contribution in [1.29, 1.82) is 0 Å². The van der Waals surface area contributed by atoms with Crippen LogP contribution in [0, 0.1) is 0 Å². The van der Waals surface area contributed by atoms with Crippen molar-refractivity contribution in [2.45, 2.75) is 19.8 Å². The smallest absolute Gasteiger partial charge is 0.221 e. The van der Waals surface area contributed by atoms with Crippen molar-refractivity contribution >= 4 is 28.7 Å². The van der Waals surface area contributed by atoms with E-state index < -0.39 is 0 Å². The molecule has 0 atom stereocenters. The number of rotatable bonds is 7. The van der Waals surface area contributed by atoms with Gasteiger partial charge in [0.25, 0.3) is 0 Å². The van der Waals surface area contributed by atoms with Crippen LogP contribution in [-0.4, -0.2) is 38.8 Å². The Morgan fingerprint density at radius 2 is 2.17 bits per heavy atom. The molecule has 0 aliphatic rings. The Hall–Kier alpha value is -2.48. The van der Waals surface area contributed by atoms with Crippen LogP contribution in [0.3, 0.4) is 0 Å². The number of nitrogens with zero attached hydrogens (tertiary/aromatic N) is 4. The predicted octanol–water partition coefficient (Wildman–Crippen LogP) is 2.18. The average Bonchev–Trinajstić information content (AvgIpc) is 3.21. The maximum atomic E-state index is 11.6. The second kappa shape index (κ2) is 7.19. The van der Waals surface area contributed by atoms with Gasteiger partial charge in [-0.2, -0.15) is 15.9 Å². The number of amides is 1. The molecule has 120 valence electrons. The normalized spacial score (nSPS) is 10.8. The van der Waals surface area contributed by atoms with Crippen molar-refractivity contribution in [2.24, 2.45) is 0 Å². The van der Waals surface area contributed by atoms with Crippen molar-refractivity contribution in [3.8, 4) is 11.4 Å². The fourth-order valence-electron chi connectivity index (χ4n) is 2.11. The zero-order valence-electron chi connectivity index (χ0n) is 12.8. The highest BCUT2D eigenvalue weighted by Crippen LogP contribution is 2.20. The highest BCUT2D eigenvalue weighted by molar-refractivity contribution is 7.08. The molecular formula is C15H18N6OS. The lowest BCUT2D eigenvalue weighted by Crippen LogP contribution is -2.26. The molecule has 1 amide bonds. The van der Waals surface area contributed by atoms with E-state index in [0.717, 1.165) is 12.0 Å². The van der Waals surface area contributed by atoms with E-state index in [1.165, 1.54) is 0 Å². The maximum Gasteiger partial charge on any atom is 0.221 e. The summed E-state index contributed by atoms with van der Waals surface area (Å²) < 4.78 is 1.71. The molecule has 3 aromatic rings. The summed E-state index contributed by atoms with van der Waals surface area (Å²) in [6, 6.07) is 5.68. The maximum absolute atomic E-state index is 11.6. The van der Waals surface area contributed by atoms with Gasteiger partial charge in [-0.15, -0.1) is 15.3 Å². The first-order valence-electron chi connectivity index (χ1n) is 7.53. The monoisotopic (exact) mass is 330 g/mol. The highest BCUT2D eigenvalue weighted by Gasteiger charge is 2.10. The van der Waals surface area contributed by atoms with Gasteiger partial charge in [-0.3, -0.25) is 4.79 Å². The second-order valence-electron chi connectivity index (χ2n) is 5.05. The van der Waals surface area contributed by atoms with Crippen LogP contribution in [-0.2, 0) is 4.79 Å². The number of anilines is 1. The van der Waals surface area contributed by atoms with Gasteiger partial charge in [-0.1, -0.05) is 6.92 Å². The number of carbonyl (C=O) groups is 1. The minimum atomic E-state index is 0.0451. The Morgan fingerprint density at radius 1 is 1.26 bits per heavy atom. The summed E-state index contributed by atoms with van der Waals surface area (Å²) >= 11 is 1.61. The molecule has 0 aromatic carbocycles. The summed E-state index contributed by atoms with van der Waals surface area (Å²) in [6.07, 6.45) is 1.36. The Kier molecular flexibility index (Phi) is 4.82. The Labute approximate surface area is 137 Å². The molecule has 0 radical (unpaired) electrons. The molecule has 0 aliphatic heterocycles. The van der Waals surface area contributed by atoms with Crippen LogP contribution in [0.25, 0.3) is 17.0 Å². The van der Waals surface area contributed by atoms with E-state index in [0.29, 0.717) is 36.8 Å². The quantitative estimate of drug-likeness (QED) is 0.694. The minimum Gasteiger partial charge on any atom is -0.368 e. The van der Waals surface area contributed by atoms with E-state index in [2.05, 4.69) is 25.9 Å². The third-order valence-electron chi connectivity index (χ3n) is 3.27. The summed E-state index contributed by atoms with van der Waals surface area (Å²) in [5, 5.41) is 22.8. The number of hydrogen-bond acceptors (Lipinski definition) is 6. The van der Waals surface area contributed by atoms with Gasteiger partial charge in [0.15, 0.2) is 11.5 Å². The van der Waals surface area contributed by atoms with Gasteiger partial charge >= 0.3 is 0 Å². The van der Waals surface area contributed by atoms with E-state index in [1.54, 1.807) is 15.9 Å². The molecule has 2 N–H and O–H groups in total. The second-order valence-corrected chi connectivity index (χ2v) is 5.83. The fourth-order valence-corrected chi connectivity index (χ4v) is 2.75. The average molecular weight is 330 g/mol. The van der Waals surface area contributed by atoms with Crippen LogP contribution in [0.1, 0.15) is 19.8 Å². The van der Waals surface area contributed by atoms with Crippen LogP contribution >= 0.6 is 11.3 Å². The predicted molar refractivity (Wildman–Crippen MR) is 90.5 cm³/mol. The molecular weight excluding hydrogens is 312 g/mol. The number of carbonyl (C=O) groups excluding carboxylic acids is 1. The first kappa shape index (κ1) is 15.4. The van der Waals surface area contributed by atoms with Gasteiger partial charge in [0, 0.05) is 30.5 Å². The molecule has 0 bridgehead atoms. The summed E-state index contributed by atoms with van der Waals surface area (Å²) in [4.78, 5) is 11.6. The van der Waals surface area contributed by atoms with E-state index in [9.17, 15) is 4.79 Å². The molecule has 8 heteroatoms. The number of hydrogen-bond donors (Lipinski definition) is 2. The molecule has 0 saturated heterocycles. The lowest BCUT2D eigenvalue weighted by Gasteiger charge is -2.06. The summed E-state index contributed by atoms with van der Waals surface area (Å²) in [6.45, 7) is 3.28. The van der Waals surface area contributed by atoms with Crippen LogP contribution < -0.4 is 10.6 Å². The molecule has 7 nitrogen and oxygen atoms in total.